The third-order valence-corrected chi connectivity index (χ3v) is 5.77. The van der Waals surface area contributed by atoms with Gasteiger partial charge in [-0.25, -0.2) is 4.68 Å². The van der Waals surface area contributed by atoms with Gasteiger partial charge in [0.1, 0.15) is 5.25 Å². The van der Waals surface area contributed by atoms with Crippen molar-refractivity contribution in [3.8, 4) is 0 Å². The summed E-state index contributed by atoms with van der Waals surface area (Å²) in [5, 5.41) is 15.4. The highest BCUT2D eigenvalue weighted by molar-refractivity contribution is 8.00. The molecule has 1 saturated carbocycles. The van der Waals surface area contributed by atoms with E-state index in [9.17, 15) is 4.79 Å². The van der Waals surface area contributed by atoms with Gasteiger partial charge in [0.05, 0.1) is 6.04 Å². The number of carbonyl (C=O) groups excluding carboxylic acids is 1. The number of thioether (sulfide) groups is 1. The Kier molecular flexibility index (Phi) is 4.94. The van der Waals surface area contributed by atoms with Crippen molar-refractivity contribution in [3.05, 3.63) is 65.2 Å². The van der Waals surface area contributed by atoms with Crippen molar-refractivity contribution in [2.75, 3.05) is 5.32 Å². The van der Waals surface area contributed by atoms with Crippen LogP contribution in [0.5, 0.6) is 0 Å². The predicted octanol–water partition coefficient (Wildman–Crippen LogP) is 4.10. The van der Waals surface area contributed by atoms with Gasteiger partial charge in [-0.1, -0.05) is 54.2 Å². The lowest BCUT2D eigenvalue weighted by atomic mass is 10.1. The average molecular weight is 379 g/mol. The van der Waals surface area contributed by atoms with Crippen LogP contribution in [0.25, 0.3) is 0 Å². The van der Waals surface area contributed by atoms with E-state index in [2.05, 4.69) is 20.8 Å². The molecule has 0 aliphatic heterocycles. The number of nitrogens with zero attached hydrogens (tertiary/aromatic N) is 4. The van der Waals surface area contributed by atoms with E-state index in [1.807, 2.05) is 67.1 Å². The van der Waals surface area contributed by atoms with Gasteiger partial charge in [-0.05, 0) is 59.9 Å². The van der Waals surface area contributed by atoms with E-state index < -0.39 is 5.25 Å². The first-order chi connectivity index (χ1) is 13.1. The van der Waals surface area contributed by atoms with E-state index in [0.29, 0.717) is 11.2 Å². The highest BCUT2D eigenvalue weighted by atomic mass is 32.2. The standard InChI is InChI=1S/C20H21N5OS/c1-13-8-9-14(2)17(12-13)21-19(26)18(15-6-4-3-5-7-15)27-20-22-23-24-25(20)16-10-11-16/h3-9,12,16,18H,10-11H2,1-2H3,(H,21,26)/t18-/m0/s1. The minimum atomic E-state index is -0.436. The van der Waals surface area contributed by atoms with Crippen LogP contribution in [0.3, 0.4) is 0 Å². The number of benzene rings is 2. The molecule has 138 valence electrons. The summed E-state index contributed by atoms with van der Waals surface area (Å²) in [7, 11) is 0. The number of tetrazole rings is 1. The summed E-state index contributed by atoms with van der Waals surface area (Å²) in [6.45, 7) is 4.01. The molecule has 1 aromatic heterocycles. The molecule has 1 fully saturated rings. The van der Waals surface area contributed by atoms with Gasteiger partial charge >= 0.3 is 0 Å². The molecule has 3 aromatic rings. The number of anilines is 1. The molecule has 6 nitrogen and oxygen atoms in total. The maximum atomic E-state index is 13.2. The van der Waals surface area contributed by atoms with Gasteiger partial charge in [0.25, 0.3) is 0 Å². The number of hydrogen-bond acceptors (Lipinski definition) is 5. The summed E-state index contributed by atoms with van der Waals surface area (Å²) in [6.07, 6.45) is 2.17. The van der Waals surface area contributed by atoms with Crippen LogP contribution >= 0.6 is 11.8 Å². The summed E-state index contributed by atoms with van der Waals surface area (Å²) < 4.78 is 1.84. The lowest BCUT2D eigenvalue weighted by Gasteiger charge is -2.17. The largest absolute Gasteiger partial charge is 0.325 e. The zero-order valence-corrected chi connectivity index (χ0v) is 16.1. The smallest absolute Gasteiger partial charge is 0.242 e. The van der Waals surface area contributed by atoms with Gasteiger partial charge in [0.15, 0.2) is 0 Å². The molecule has 4 rings (SSSR count). The fraction of sp³-hybridized carbons (Fsp3) is 0.300. The maximum absolute atomic E-state index is 13.2. The molecule has 0 saturated heterocycles. The Morgan fingerprint density at radius 1 is 1.19 bits per heavy atom. The summed E-state index contributed by atoms with van der Waals surface area (Å²) >= 11 is 1.40. The van der Waals surface area contributed by atoms with E-state index >= 15 is 0 Å². The Hall–Kier alpha value is -2.67. The number of rotatable bonds is 6. The van der Waals surface area contributed by atoms with Crippen molar-refractivity contribution < 1.29 is 4.79 Å². The molecular weight excluding hydrogens is 358 g/mol. The molecular formula is C20H21N5OS. The number of nitrogens with one attached hydrogen (secondary N) is 1. The molecule has 0 unspecified atom stereocenters. The normalized spacial score (nSPS) is 14.7. The van der Waals surface area contributed by atoms with Crippen molar-refractivity contribution in [2.45, 2.75) is 43.1 Å². The molecule has 2 aromatic carbocycles. The lowest BCUT2D eigenvalue weighted by Crippen LogP contribution is -2.20. The topological polar surface area (TPSA) is 72.7 Å². The first-order valence-electron chi connectivity index (χ1n) is 8.99. The first-order valence-corrected chi connectivity index (χ1v) is 9.87. The minimum absolute atomic E-state index is 0.0785. The van der Waals surface area contributed by atoms with Crippen molar-refractivity contribution in [1.82, 2.24) is 20.2 Å². The molecule has 0 spiro atoms. The van der Waals surface area contributed by atoms with Crippen LogP contribution < -0.4 is 5.32 Å². The van der Waals surface area contributed by atoms with E-state index in [1.54, 1.807) is 0 Å². The zero-order valence-electron chi connectivity index (χ0n) is 15.3. The average Bonchev–Trinajstić information content (AvgIpc) is 3.41. The number of hydrogen-bond donors (Lipinski definition) is 1. The fourth-order valence-corrected chi connectivity index (χ4v) is 3.93. The second-order valence-corrected chi connectivity index (χ2v) is 7.93. The summed E-state index contributed by atoms with van der Waals surface area (Å²) in [4.78, 5) is 13.2. The number of aromatic nitrogens is 4. The molecule has 1 N–H and O–H groups in total. The maximum Gasteiger partial charge on any atom is 0.242 e. The molecule has 1 heterocycles. The Morgan fingerprint density at radius 2 is 1.96 bits per heavy atom. The van der Waals surface area contributed by atoms with Crippen molar-refractivity contribution in [2.24, 2.45) is 0 Å². The molecule has 0 bridgehead atoms. The molecule has 0 radical (unpaired) electrons. The third kappa shape index (κ3) is 4.03. The first kappa shape index (κ1) is 17.7. The molecule has 1 amide bonds. The third-order valence-electron chi connectivity index (χ3n) is 4.57. The number of carbonyl (C=O) groups is 1. The van der Waals surface area contributed by atoms with Gasteiger partial charge in [0, 0.05) is 5.69 Å². The zero-order chi connectivity index (χ0) is 18.8. The van der Waals surface area contributed by atoms with Crippen LogP contribution in [0, 0.1) is 13.8 Å². The van der Waals surface area contributed by atoms with Gasteiger partial charge in [-0.3, -0.25) is 4.79 Å². The van der Waals surface area contributed by atoms with E-state index in [4.69, 9.17) is 0 Å². The minimum Gasteiger partial charge on any atom is -0.325 e. The van der Waals surface area contributed by atoms with Crippen molar-refractivity contribution in [1.29, 1.82) is 0 Å². The molecule has 1 aliphatic rings. The molecule has 27 heavy (non-hydrogen) atoms. The highest BCUT2D eigenvalue weighted by Crippen LogP contribution is 2.40. The number of aryl methyl sites for hydroxylation is 2. The lowest BCUT2D eigenvalue weighted by molar-refractivity contribution is -0.115. The van der Waals surface area contributed by atoms with Crippen LogP contribution in [0.15, 0.2) is 53.7 Å². The van der Waals surface area contributed by atoms with E-state index in [1.165, 1.54) is 11.8 Å². The summed E-state index contributed by atoms with van der Waals surface area (Å²) in [5.41, 5.74) is 3.91. The predicted molar refractivity (Wildman–Crippen MR) is 106 cm³/mol. The Morgan fingerprint density at radius 3 is 2.70 bits per heavy atom. The Labute approximate surface area is 162 Å². The van der Waals surface area contributed by atoms with Gasteiger partial charge in [-0.2, -0.15) is 0 Å². The quantitative estimate of drug-likeness (QED) is 0.653. The Balaban J connectivity index is 1.62. The van der Waals surface area contributed by atoms with E-state index in [-0.39, 0.29) is 5.91 Å². The monoisotopic (exact) mass is 379 g/mol. The fourth-order valence-electron chi connectivity index (χ4n) is 2.89. The summed E-state index contributed by atoms with van der Waals surface area (Å²) in [5.74, 6) is -0.0785. The van der Waals surface area contributed by atoms with Crippen LogP contribution in [0.2, 0.25) is 0 Å². The van der Waals surface area contributed by atoms with Gasteiger partial charge in [-0.15, -0.1) is 5.10 Å². The summed E-state index contributed by atoms with van der Waals surface area (Å²) in [6, 6.07) is 16.2. The van der Waals surface area contributed by atoms with E-state index in [0.717, 1.165) is 35.2 Å². The Bertz CT molecular complexity index is 952. The number of amides is 1. The van der Waals surface area contributed by atoms with Crippen LogP contribution in [0.1, 0.15) is 40.8 Å². The van der Waals surface area contributed by atoms with Crippen LogP contribution in [-0.4, -0.2) is 26.1 Å². The highest BCUT2D eigenvalue weighted by Gasteiger charge is 2.31. The van der Waals surface area contributed by atoms with Crippen LogP contribution in [0.4, 0.5) is 5.69 Å². The molecule has 1 aliphatic carbocycles. The molecule has 7 heteroatoms. The van der Waals surface area contributed by atoms with Crippen molar-refractivity contribution in [3.63, 3.8) is 0 Å². The van der Waals surface area contributed by atoms with Gasteiger partial charge < -0.3 is 5.32 Å². The molecule has 1 atom stereocenters. The van der Waals surface area contributed by atoms with Gasteiger partial charge in [0.2, 0.25) is 11.1 Å². The SMILES string of the molecule is Cc1ccc(C)c(NC(=O)[C@@H](Sc2nnnn2C2CC2)c2ccccc2)c1. The second kappa shape index (κ2) is 7.52. The van der Waals surface area contributed by atoms with Crippen molar-refractivity contribution >= 4 is 23.4 Å². The van der Waals surface area contributed by atoms with Crippen LogP contribution in [-0.2, 0) is 4.79 Å². The second-order valence-electron chi connectivity index (χ2n) is 6.85.